The van der Waals surface area contributed by atoms with Crippen LogP contribution in [0.3, 0.4) is 0 Å². The molecule has 0 aromatic rings. The van der Waals surface area contributed by atoms with Crippen molar-refractivity contribution in [3.05, 3.63) is 0 Å². The van der Waals surface area contributed by atoms with Gasteiger partial charge in [0.1, 0.15) is 0 Å². The van der Waals surface area contributed by atoms with Crippen LogP contribution in [0, 0.1) is 23.7 Å². The Morgan fingerprint density at radius 2 is 1.90 bits per heavy atom. The molecule has 20 heavy (non-hydrogen) atoms. The maximum Gasteiger partial charge on any atom is 0.311 e. The molecule has 5 heteroatoms. The summed E-state index contributed by atoms with van der Waals surface area (Å²) in [6.45, 7) is 6.06. The maximum atomic E-state index is 12.1. The van der Waals surface area contributed by atoms with Gasteiger partial charge in [0.05, 0.1) is 5.92 Å². The molecule has 7 atom stereocenters. The lowest BCUT2D eigenvalue weighted by Crippen LogP contribution is -2.69. The molecule has 4 heterocycles. The standard InChI is InChI=1S/C15H22O5/c1-8-4-5-11-9(2)12(16)17-13-15(11)10(8)6-7-14(3,18-13)19-20-15/h8-11,13H,4-7H2,1-3H3/t8?,9?,10?,11?,13?,14-,15?/m0/s1. The fraction of sp³-hybridized carbons (Fsp3) is 0.933. The minimum absolute atomic E-state index is 0.123. The Balaban J connectivity index is 1.84. The highest BCUT2D eigenvalue weighted by atomic mass is 17.3. The van der Waals surface area contributed by atoms with Crippen LogP contribution in [0.4, 0.5) is 0 Å². The van der Waals surface area contributed by atoms with E-state index in [0.29, 0.717) is 11.8 Å². The minimum Gasteiger partial charge on any atom is -0.432 e. The summed E-state index contributed by atoms with van der Waals surface area (Å²) in [4.78, 5) is 23.7. The first kappa shape index (κ1) is 13.0. The van der Waals surface area contributed by atoms with E-state index in [1.807, 2.05) is 13.8 Å². The third kappa shape index (κ3) is 1.46. The average Bonchev–Trinajstić information content (AvgIpc) is 2.63. The lowest BCUT2D eigenvalue weighted by Gasteiger charge is -2.57. The molecule has 112 valence electrons. The highest BCUT2D eigenvalue weighted by Gasteiger charge is 2.69. The molecule has 4 saturated heterocycles. The van der Waals surface area contributed by atoms with Crippen molar-refractivity contribution in [1.82, 2.24) is 0 Å². The SMILES string of the molecule is CC1CCC2C(C)C(=O)OC3O[C@]4(C)CCC1C32OO4. The molecule has 1 aliphatic carbocycles. The van der Waals surface area contributed by atoms with Crippen LogP contribution in [0.15, 0.2) is 0 Å². The van der Waals surface area contributed by atoms with E-state index in [9.17, 15) is 4.79 Å². The van der Waals surface area contributed by atoms with E-state index >= 15 is 0 Å². The zero-order valence-corrected chi connectivity index (χ0v) is 12.3. The summed E-state index contributed by atoms with van der Waals surface area (Å²) >= 11 is 0. The summed E-state index contributed by atoms with van der Waals surface area (Å²) in [7, 11) is 0. The van der Waals surface area contributed by atoms with E-state index in [2.05, 4.69) is 6.92 Å². The predicted octanol–water partition coefficient (Wildman–Crippen LogP) is 2.39. The first-order valence-electron chi connectivity index (χ1n) is 7.71. The van der Waals surface area contributed by atoms with E-state index in [1.165, 1.54) is 0 Å². The summed E-state index contributed by atoms with van der Waals surface area (Å²) in [6, 6.07) is 0. The molecular formula is C15H22O5. The van der Waals surface area contributed by atoms with Crippen LogP contribution in [0.2, 0.25) is 0 Å². The molecule has 1 spiro atoms. The zero-order valence-electron chi connectivity index (χ0n) is 12.3. The first-order valence-corrected chi connectivity index (χ1v) is 7.71. The molecule has 0 radical (unpaired) electrons. The van der Waals surface area contributed by atoms with Crippen LogP contribution >= 0.6 is 0 Å². The lowest BCUT2D eigenvalue weighted by atomic mass is 9.58. The molecule has 0 aromatic carbocycles. The molecule has 1 saturated carbocycles. The number of carbonyl (C=O) groups is 1. The van der Waals surface area contributed by atoms with Gasteiger partial charge < -0.3 is 9.47 Å². The Bertz CT molecular complexity index is 452. The third-order valence-corrected chi connectivity index (χ3v) is 5.97. The van der Waals surface area contributed by atoms with Crippen molar-refractivity contribution in [1.29, 1.82) is 0 Å². The van der Waals surface area contributed by atoms with Crippen LogP contribution in [0.1, 0.15) is 46.5 Å². The number of carbonyl (C=O) groups excluding carboxylic acids is 1. The van der Waals surface area contributed by atoms with E-state index in [-0.39, 0.29) is 17.8 Å². The Hall–Kier alpha value is -0.650. The molecule has 4 aliphatic heterocycles. The van der Waals surface area contributed by atoms with Crippen molar-refractivity contribution in [3.8, 4) is 0 Å². The van der Waals surface area contributed by atoms with Gasteiger partial charge in [0.2, 0.25) is 12.1 Å². The molecule has 0 aromatic heterocycles. The molecule has 5 aliphatic rings. The van der Waals surface area contributed by atoms with Gasteiger partial charge in [-0.15, -0.1) is 0 Å². The highest BCUT2D eigenvalue weighted by molar-refractivity contribution is 5.74. The molecule has 5 nitrogen and oxygen atoms in total. The Kier molecular flexibility index (Phi) is 2.58. The molecule has 5 rings (SSSR count). The number of fused-ring (bicyclic) bond motifs is 2. The smallest absolute Gasteiger partial charge is 0.311 e. The quantitative estimate of drug-likeness (QED) is 0.504. The van der Waals surface area contributed by atoms with Gasteiger partial charge in [-0.25, -0.2) is 9.78 Å². The fourth-order valence-electron chi connectivity index (χ4n) is 4.76. The van der Waals surface area contributed by atoms with Gasteiger partial charge in [-0.3, -0.25) is 4.79 Å². The normalized spacial score (nSPS) is 57.8. The fourth-order valence-corrected chi connectivity index (χ4v) is 4.76. The van der Waals surface area contributed by atoms with Crippen LogP contribution in [-0.4, -0.2) is 23.6 Å². The van der Waals surface area contributed by atoms with E-state index in [1.54, 1.807) is 0 Å². The maximum absolute atomic E-state index is 12.1. The number of hydrogen-bond donors (Lipinski definition) is 0. The summed E-state index contributed by atoms with van der Waals surface area (Å²) < 4.78 is 11.6. The number of rotatable bonds is 0. The second-order valence-corrected chi connectivity index (χ2v) is 7.14. The zero-order chi connectivity index (χ0) is 14.1. The largest absolute Gasteiger partial charge is 0.432 e. The summed E-state index contributed by atoms with van der Waals surface area (Å²) in [5, 5.41) is 0. The van der Waals surface area contributed by atoms with Crippen LogP contribution in [0.5, 0.6) is 0 Å². The second kappa shape index (κ2) is 3.96. The summed E-state index contributed by atoms with van der Waals surface area (Å²) in [5.41, 5.74) is -0.610. The molecule has 6 unspecified atom stereocenters. The van der Waals surface area contributed by atoms with Crippen LogP contribution in [0.25, 0.3) is 0 Å². The summed E-state index contributed by atoms with van der Waals surface area (Å²) in [6.07, 6.45) is 3.24. The molecule has 2 bridgehead atoms. The van der Waals surface area contributed by atoms with Gasteiger partial charge in [-0.1, -0.05) is 13.8 Å². The van der Waals surface area contributed by atoms with Crippen molar-refractivity contribution in [2.45, 2.75) is 64.1 Å². The van der Waals surface area contributed by atoms with Crippen molar-refractivity contribution < 1.29 is 24.0 Å². The number of esters is 1. The predicted molar refractivity (Wildman–Crippen MR) is 68.0 cm³/mol. The Morgan fingerprint density at radius 3 is 2.70 bits per heavy atom. The highest BCUT2D eigenvalue weighted by Crippen LogP contribution is 2.59. The van der Waals surface area contributed by atoms with Gasteiger partial charge in [0, 0.05) is 18.3 Å². The molecule has 0 amide bonds. The van der Waals surface area contributed by atoms with Crippen LogP contribution in [-0.2, 0) is 24.0 Å². The van der Waals surface area contributed by atoms with E-state index in [4.69, 9.17) is 19.2 Å². The van der Waals surface area contributed by atoms with Gasteiger partial charge in [-0.05, 0) is 32.1 Å². The van der Waals surface area contributed by atoms with Gasteiger partial charge in [0.15, 0.2) is 5.60 Å². The second-order valence-electron chi connectivity index (χ2n) is 7.14. The topological polar surface area (TPSA) is 54.0 Å². The van der Waals surface area contributed by atoms with Gasteiger partial charge in [-0.2, -0.15) is 0 Å². The van der Waals surface area contributed by atoms with E-state index in [0.717, 1.165) is 25.7 Å². The third-order valence-electron chi connectivity index (χ3n) is 5.97. The Labute approximate surface area is 118 Å². The first-order chi connectivity index (χ1) is 9.46. The molecule has 0 N–H and O–H groups in total. The number of ether oxygens (including phenoxy) is 2. The molecule has 5 fully saturated rings. The average molecular weight is 282 g/mol. The summed E-state index contributed by atoms with van der Waals surface area (Å²) in [5.74, 6) is -0.137. The van der Waals surface area contributed by atoms with E-state index < -0.39 is 17.7 Å². The van der Waals surface area contributed by atoms with Crippen molar-refractivity contribution >= 4 is 5.97 Å². The molecular weight excluding hydrogens is 260 g/mol. The minimum atomic E-state index is -0.793. The lowest BCUT2D eigenvalue weighted by molar-refractivity contribution is -0.559. The number of hydrogen-bond acceptors (Lipinski definition) is 5. The van der Waals surface area contributed by atoms with Crippen molar-refractivity contribution in [2.24, 2.45) is 23.7 Å². The van der Waals surface area contributed by atoms with Gasteiger partial charge in [0.25, 0.3) is 0 Å². The van der Waals surface area contributed by atoms with Crippen LogP contribution < -0.4 is 0 Å². The van der Waals surface area contributed by atoms with Gasteiger partial charge >= 0.3 is 5.97 Å². The van der Waals surface area contributed by atoms with Crippen molar-refractivity contribution in [2.75, 3.05) is 0 Å². The Morgan fingerprint density at radius 1 is 1.10 bits per heavy atom. The monoisotopic (exact) mass is 282 g/mol. The van der Waals surface area contributed by atoms with Crippen molar-refractivity contribution in [3.63, 3.8) is 0 Å².